The van der Waals surface area contributed by atoms with Gasteiger partial charge in [-0.15, -0.1) is 11.3 Å². The maximum atomic E-state index is 12.8. The summed E-state index contributed by atoms with van der Waals surface area (Å²) in [5.41, 5.74) is 3.98. The molecular weight excluding hydrogens is 404 g/mol. The van der Waals surface area contributed by atoms with Crippen molar-refractivity contribution >= 4 is 48.2 Å². The number of hydrogen-bond acceptors (Lipinski definition) is 5. The van der Waals surface area contributed by atoms with Crippen LogP contribution in [0.5, 0.6) is 0 Å². The highest BCUT2D eigenvalue weighted by Crippen LogP contribution is 2.31. The van der Waals surface area contributed by atoms with Crippen molar-refractivity contribution in [3.63, 3.8) is 0 Å². The molecule has 6 nitrogen and oxygen atoms in total. The highest BCUT2D eigenvalue weighted by Gasteiger charge is 2.18. The lowest BCUT2D eigenvalue weighted by Crippen LogP contribution is -2.11. The van der Waals surface area contributed by atoms with Crippen molar-refractivity contribution < 1.29 is 8.42 Å². The highest BCUT2D eigenvalue weighted by atomic mass is 32.2. The summed E-state index contributed by atoms with van der Waals surface area (Å²) in [7, 11) is -3.65. The van der Waals surface area contributed by atoms with Crippen LogP contribution in [0.15, 0.2) is 71.2 Å². The van der Waals surface area contributed by atoms with E-state index in [0.29, 0.717) is 9.90 Å². The molecule has 0 atom stereocenters. The van der Waals surface area contributed by atoms with E-state index in [-0.39, 0.29) is 0 Å². The topological polar surface area (TPSA) is 87.7 Å². The average Bonchev–Trinajstić information content (AvgIpc) is 3.31. The number of nitrogens with one attached hydrogen (secondary N) is 2. The van der Waals surface area contributed by atoms with Crippen LogP contribution in [0.4, 0.5) is 5.69 Å². The Morgan fingerprint density at radius 2 is 1.79 bits per heavy atom. The van der Waals surface area contributed by atoms with Gasteiger partial charge in [-0.05, 0) is 42.6 Å². The summed E-state index contributed by atoms with van der Waals surface area (Å²) >= 11 is 1.26. The molecule has 5 aromatic rings. The summed E-state index contributed by atoms with van der Waals surface area (Å²) in [5, 5.41) is 1.85. The molecule has 3 heterocycles. The number of rotatable bonds is 4. The van der Waals surface area contributed by atoms with E-state index < -0.39 is 10.0 Å². The minimum Gasteiger partial charge on any atom is -0.343 e. The molecule has 5 rings (SSSR count). The Labute approximate surface area is 171 Å². The van der Waals surface area contributed by atoms with Gasteiger partial charge in [0.1, 0.15) is 16.2 Å². The van der Waals surface area contributed by atoms with Crippen LogP contribution in [0.25, 0.3) is 32.4 Å². The van der Waals surface area contributed by atoms with Crippen LogP contribution in [0, 0.1) is 6.92 Å². The van der Waals surface area contributed by atoms with Gasteiger partial charge in [-0.3, -0.25) is 4.72 Å². The Balaban J connectivity index is 1.45. The second-order valence-electron chi connectivity index (χ2n) is 6.72. The molecule has 0 fully saturated rings. The molecule has 29 heavy (non-hydrogen) atoms. The first-order chi connectivity index (χ1) is 14.0. The Bertz CT molecular complexity index is 1420. The number of sulfonamides is 1. The lowest BCUT2D eigenvalue weighted by molar-refractivity contribution is 0.603. The van der Waals surface area contributed by atoms with Crippen molar-refractivity contribution in [1.29, 1.82) is 0 Å². The first kappa shape index (κ1) is 17.8. The van der Waals surface area contributed by atoms with E-state index in [4.69, 9.17) is 0 Å². The van der Waals surface area contributed by atoms with Gasteiger partial charge in [-0.2, -0.15) is 0 Å². The van der Waals surface area contributed by atoms with E-state index in [1.807, 2.05) is 49.4 Å². The molecule has 0 saturated carbocycles. The summed E-state index contributed by atoms with van der Waals surface area (Å²) in [6.45, 7) is 1.97. The number of thiophene rings is 1. The zero-order chi connectivity index (χ0) is 20.0. The minimum atomic E-state index is -3.65. The smallest absolute Gasteiger partial charge is 0.271 e. The van der Waals surface area contributed by atoms with Gasteiger partial charge in [0.15, 0.2) is 0 Å². The normalized spacial score (nSPS) is 11.9. The average molecular weight is 421 g/mol. The van der Waals surface area contributed by atoms with Crippen molar-refractivity contribution in [2.24, 2.45) is 0 Å². The molecule has 2 aromatic carbocycles. The Morgan fingerprint density at radius 1 is 1.00 bits per heavy atom. The first-order valence-electron chi connectivity index (χ1n) is 8.92. The van der Waals surface area contributed by atoms with Crippen LogP contribution in [-0.4, -0.2) is 23.4 Å². The molecule has 0 aliphatic rings. The Kier molecular flexibility index (Phi) is 4.11. The van der Waals surface area contributed by atoms with E-state index in [1.165, 1.54) is 17.7 Å². The molecular formula is C21H16N4O2S2. The van der Waals surface area contributed by atoms with E-state index >= 15 is 0 Å². The minimum absolute atomic E-state index is 0.295. The fourth-order valence-corrected chi connectivity index (χ4v) is 5.75. The van der Waals surface area contributed by atoms with Gasteiger partial charge >= 0.3 is 0 Å². The van der Waals surface area contributed by atoms with E-state index in [1.54, 1.807) is 18.2 Å². The summed E-state index contributed by atoms with van der Waals surface area (Å²) in [4.78, 5) is 11.8. The molecule has 0 radical (unpaired) electrons. The fraction of sp³-hybridized carbons (Fsp3) is 0.0476. The van der Waals surface area contributed by atoms with Gasteiger partial charge in [0.05, 0.1) is 5.69 Å². The van der Waals surface area contributed by atoms with Gasteiger partial charge in [0.2, 0.25) is 0 Å². The predicted molar refractivity (Wildman–Crippen MR) is 117 cm³/mol. The number of fused-ring (bicyclic) bond motifs is 2. The number of nitrogens with zero attached hydrogens (tertiary/aromatic N) is 2. The molecule has 0 bridgehead atoms. The molecule has 2 N–H and O–H groups in total. The second-order valence-corrected chi connectivity index (χ2v) is 9.72. The lowest BCUT2D eigenvalue weighted by atomic mass is 10.1. The van der Waals surface area contributed by atoms with Crippen molar-refractivity contribution in [2.75, 3.05) is 4.72 Å². The molecule has 0 spiro atoms. The van der Waals surface area contributed by atoms with E-state index in [9.17, 15) is 8.42 Å². The van der Waals surface area contributed by atoms with Crippen LogP contribution in [-0.2, 0) is 10.0 Å². The monoisotopic (exact) mass is 420 g/mol. The molecule has 144 valence electrons. The molecule has 0 aliphatic carbocycles. The van der Waals surface area contributed by atoms with Crippen molar-refractivity contribution in [3.8, 4) is 11.3 Å². The van der Waals surface area contributed by atoms with Gasteiger partial charge in [0.25, 0.3) is 10.0 Å². The van der Waals surface area contributed by atoms with Crippen LogP contribution < -0.4 is 4.72 Å². The largest absolute Gasteiger partial charge is 0.343 e. The summed E-state index contributed by atoms with van der Waals surface area (Å²) < 4.78 is 29.5. The first-order valence-corrected chi connectivity index (χ1v) is 11.2. The number of aryl methyl sites for hydroxylation is 1. The Morgan fingerprint density at radius 3 is 2.59 bits per heavy atom. The highest BCUT2D eigenvalue weighted by molar-refractivity contribution is 7.94. The maximum absolute atomic E-state index is 12.8. The van der Waals surface area contributed by atoms with Crippen molar-refractivity contribution in [1.82, 2.24) is 15.0 Å². The van der Waals surface area contributed by atoms with Crippen LogP contribution in [0.1, 0.15) is 5.69 Å². The number of aromatic nitrogens is 3. The standard InChI is InChI=1S/C21H16N4O2S2/c1-13-10-17-20(22-12-23-21(17)24-13)14-6-8-16(9-7-14)25-29(26,27)19-11-15-4-2-3-5-18(15)28-19/h2-12,25H,1H3,(H,22,23,24). The molecule has 3 aromatic heterocycles. The summed E-state index contributed by atoms with van der Waals surface area (Å²) in [6, 6.07) is 18.5. The van der Waals surface area contributed by atoms with Crippen LogP contribution in [0.2, 0.25) is 0 Å². The van der Waals surface area contributed by atoms with Crippen molar-refractivity contribution in [3.05, 3.63) is 72.7 Å². The number of H-pyrrole nitrogens is 1. The third kappa shape index (κ3) is 3.26. The molecule has 0 unspecified atom stereocenters. The fourth-order valence-electron chi connectivity index (χ4n) is 3.29. The van der Waals surface area contributed by atoms with Gasteiger partial charge in [0, 0.05) is 27.0 Å². The van der Waals surface area contributed by atoms with E-state index in [0.717, 1.165) is 38.1 Å². The number of aromatic amines is 1. The molecule has 8 heteroatoms. The maximum Gasteiger partial charge on any atom is 0.271 e. The van der Waals surface area contributed by atoms with Crippen LogP contribution >= 0.6 is 11.3 Å². The molecule has 0 amide bonds. The second kappa shape index (κ2) is 6.68. The van der Waals surface area contributed by atoms with Gasteiger partial charge in [-0.1, -0.05) is 30.3 Å². The van der Waals surface area contributed by atoms with Crippen molar-refractivity contribution in [2.45, 2.75) is 11.1 Å². The van der Waals surface area contributed by atoms with Gasteiger partial charge in [-0.25, -0.2) is 18.4 Å². The summed E-state index contributed by atoms with van der Waals surface area (Å²) in [5.74, 6) is 0. The van der Waals surface area contributed by atoms with Crippen LogP contribution in [0.3, 0.4) is 0 Å². The van der Waals surface area contributed by atoms with Gasteiger partial charge < -0.3 is 4.98 Å². The summed E-state index contributed by atoms with van der Waals surface area (Å²) in [6.07, 6.45) is 1.52. The third-order valence-electron chi connectivity index (χ3n) is 4.64. The number of hydrogen-bond donors (Lipinski definition) is 2. The lowest BCUT2D eigenvalue weighted by Gasteiger charge is -2.07. The molecule has 0 aliphatic heterocycles. The predicted octanol–water partition coefficient (Wildman–Crippen LogP) is 4.95. The number of anilines is 1. The molecule has 0 saturated heterocycles. The zero-order valence-electron chi connectivity index (χ0n) is 15.4. The van der Waals surface area contributed by atoms with E-state index in [2.05, 4.69) is 19.7 Å². The third-order valence-corrected chi connectivity index (χ3v) is 7.61. The SMILES string of the molecule is Cc1cc2c(-c3ccc(NS(=O)(=O)c4cc5ccccc5s4)cc3)ncnc2[nH]1. The Hall–Kier alpha value is -3.23. The number of benzene rings is 2. The quantitative estimate of drug-likeness (QED) is 0.431. The zero-order valence-corrected chi connectivity index (χ0v) is 17.0.